The normalized spacial score (nSPS) is 37.3. The number of hydrogen-bond donors (Lipinski definition) is 1. The van der Waals surface area contributed by atoms with E-state index in [9.17, 15) is 0 Å². The molecule has 0 amide bonds. The fourth-order valence-corrected chi connectivity index (χ4v) is 3.58. The molecule has 19 heavy (non-hydrogen) atoms. The van der Waals surface area contributed by atoms with E-state index in [0.717, 1.165) is 39.3 Å². The zero-order valence-corrected chi connectivity index (χ0v) is 14.0. The van der Waals surface area contributed by atoms with Crippen molar-refractivity contribution in [3.05, 3.63) is 0 Å². The van der Waals surface area contributed by atoms with Gasteiger partial charge >= 0.3 is 0 Å². The van der Waals surface area contributed by atoms with E-state index in [2.05, 4.69) is 18.7 Å². The van der Waals surface area contributed by atoms with E-state index in [1.807, 2.05) is 0 Å². The summed E-state index contributed by atoms with van der Waals surface area (Å²) in [5, 5.41) is 0. The maximum Gasteiger partial charge on any atom is 0.191 e. The topological polar surface area (TPSA) is 60.1 Å². The number of halogens is 1. The largest absolute Gasteiger partial charge is 0.378 e. The standard InChI is InChI=1S/C13H23N3O2.HI/c1-13(2)10(9-3-6-18-11(9)13)15-12(14)16-4-7-17-8-5-16;/h9-11H,3-8H2,1-2H3,(H2,14,15);1H. The van der Waals surface area contributed by atoms with Gasteiger partial charge in [0.25, 0.3) is 0 Å². The van der Waals surface area contributed by atoms with Crippen molar-refractivity contribution < 1.29 is 9.47 Å². The maximum atomic E-state index is 6.14. The van der Waals surface area contributed by atoms with Crippen molar-refractivity contribution in [2.24, 2.45) is 22.1 Å². The summed E-state index contributed by atoms with van der Waals surface area (Å²) in [5.74, 6) is 1.25. The average molecular weight is 381 g/mol. The van der Waals surface area contributed by atoms with Gasteiger partial charge in [0.05, 0.1) is 25.4 Å². The summed E-state index contributed by atoms with van der Waals surface area (Å²) < 4.78 is 11.1. The minimum atomic E-state index is 0. The van der Waals surface area contributed by atoms with E-state index in [0.29, 0.717) is 24.0 Å². The molecular formula is C13H24IN3O2. The lowest BCUT2D eigenvalue weighted by atomic mass is 9.57. The van der Waals surface area contributed by atoms with Crippen LogP contribution in [0.3, 0.4) is 0 Å². The van der Waals surface area contributed by atoms with Crippen LogP contribution in [0.4, 0.5) is 0 Å². The second-order valence-corrected chi connectivity index (χ2v) is 6.10. The van der Waals surface area contributed by atoms with E-state index in [1.54, 1.807) is 0 Å². The number of morpholine rings is 1. The first-order chi connectivity index (χ1) is 8.60. The van der Waals surface area contributed by atoms with Crippen molar-refractivity contribution in [1.82, 2.24) is 4.90 Å². The summed E-state index contributed by atoms with van der Waals surface area (Å²) in [6, 6.07) is 0.313. The number of fused-ring (bicyclic) bond motifs is 1. The van der Waals surface area contributed by atoms with Crippen LogP contribution in [0.15, 0.2) is 4.99 Å². The average Bonchev–Trinajstić information content (AvgIpc) is 2.83. The molecule has 2 saturated heterocycles. The number of aliphatic imine (C=N–C) groups is 1. The number of hydrogen-bond acceptors (Lipinski definition) is 3. The van der Waals surface area contributed by atoms with E-state index < -0.39 is 0 Å². The highest BCUT2D eigenvalue weighted by Gasteiger charge is 2.59. The molecule has 3 atom stereocenters. The van der Waals surface area contributed by atoms with Crippen LogP contribution in [-0.4, -0.2) is 55.9 Å². The molecule has 3 unspecified atom stereocenters. The highest BCUT2D eigenvalue weighted by molar-refractivity contribution is 14.0. The highest BCUT2D eigenvalue weighted by Crippen LogP contribution is 2.53. The molecule has 2 aliphatic heterocycles. The third kappa shape index (κ3) is 2.58. The van der Waals surface area contributed by atoms with E-state index in [1.165, 1.54) is 0 Å². The van der Waals surface area contributed by atoms with Crippen LogP contribution in [-0.2, 0) is 9.47 Å². The molecule has 3 rings (SSSR count). The van der Waals surface area contributed by atoms with Gasteiger partial charge in [-0.3, -0.25) is 0 Å². The van der Waals surface area contributed by atoms with Crippen molar-refractivity contribution in [3.8, 4) is 0 Å². The van der Waals surface area contributed by atoms with Crippen molar-refractivity contribution in [2.75, 3.05) is 32.9 Å². The summed E-state index contributed by atoms with van der Waals surface area (Å²) in [4.78, 5) is 6.91. The first-order valence-electron chi connectivity index (χ1n) is 6.88. The fraction of sp³-hybridized carbons (Fsp3) is 0.923. The van der Waals surface area contributed by atoms with Gasteiger partial charge in [0.2, 0.25) is 0 Å². The summed E-state index contributed by atoms with van der Waals surface area (Å²) in [6.07, 6.45) is 1.50. The van der Waals surface area contributed by atoms with Crippen LogP contribution < -0.4 is 5.73 Å². The number of nitrogens with zero attached hydrogens (tertiary/aromatic N) is 2. The third-order valence-electron chi connectivity index (χ3n) is 4.65. The molecule has 6 heteroatoms. The minimum Gasteiger partial charge on any atom is -0.378 e. The van der Waals surface area contributed by atoms with Gasteiger partial charge in [-0.1, -0.05) is 13.8 Å². The quantitative estimate of drug-likeness (QED) is 0.419. The molecule has 3 aliphatic rings. The van der Waals surface area contributed by atoms with Crippen molar-refractivity contribution >= 4 is 29.9 Å². The predicted octanol–water partition coefficient (Wildman–Crippen LogP) is 1.06. The molecule has 3 fully saturated rings. The second-order valence-electron chi connectivity index (χ2n) is 6.10. The van der Waals surface area contributed by atoms with Crippen LogP contribution >= 0.6 is 24.0 Å². The molecule has 5 nitrogen and oxygen atoms in total. The van der Waals surface area contributed by atoms with Crippen LogP contribution in [0.2, 0.25) is 0 Å². The fourth-order valence-electron chi connectivity index (χ4n) is 3.58. The number of ether oxygens (including phenoxy) is 2. The molecule has 0 spiro atoms. The summed E-state index contributed by atoms with van der Waals surface area (Å²) in [6.45, 7) is 8.56. The molecule has 0 radical (unpaired) electrons. The Hall–Kier alpha value is -0.0800. The lowest BCUT2D eigenvalue weighted by Gasteiger charge is -2.52. The predicted molar refractivity (Wildman–Crippen MR) is 84.8 cm³/mol. The SMILES string of the molecule is CC1(C)C(N=C(N)N2CCOCC2)C2CCOC21.I. The third-order valence-corrected chi connectivity index (χ3v) is 4.65. The van der Waals surface area contributed by atoms with Crippen LogP contribution in [0.1, 0.15) is 20.3 Å². The zero-order valence-electron chi connectivity index (χ0n) is 11.7. The molecule has 0 aromatic rings. The lowest BCUT2D eigenvalue weighted by molar-refractivity contribution is -0.0989. The van der Waals surface area contributed by atoms with Gasteiger partial charge in [0, 0.05) is 31.0 Å². The van der Waals surface area contributed by atoms with Gasteiger partial charge < -0.3 is 20.1 Å². The highest BCUT2D eigenvalue weighted by atomic mass is 127. The van der Waals surface area contributed by atoms with E-state index in [-0.39, 0.29) is 29.4 Å². The Morgan fingerprint density at radius 2 is 1.95 bits per heavy atom. The number of nitrogens with two attached hydrogens (primary N) is 1. The Morgan fingerprint density at radius 1 is 1.26 bits per heavy atom. The summed E-state index contributed by atoms with van der Waals surface area (Å²) in [7, 11) is 0. The number of guanidine groups is 1. The van der Waals surface area contributed by atoms with Crippen molar-refractivity contribution in [2.45, 2.75) is 32.4 Å². The molecule has 0 aromatic carbocycles. The Morgan fingerprint density at radius 3 is 2.63 bits per heavy atom. The summed E-state index contributed by atoms with van der Waals surface area (Å²) >= 11 is 0. The Bertz CT molecular complexity index is 356. The first kappa shape index (κ1) is 15.3. The smallest absolute Gasteiger partial charge is 0.191 e. The van der Waals surface area contributed by atoms with Crippen molar-refractivity contribution in [3.63, 3.8) is 0 Å². The first-order valence-corrected chi connectivity index (χ1v) is 6.88. The molecule has 2 N–H and O–H groups in total. The maximum absolute atomic E-state index is 6.14. The van der Waals surface area contributed by atoms with Gasteiger partial charge in [-0.15, -0.1) is 24.0 Å². The minimum absolute atomic E-state index is 0. The van der Waals surface area contributed by atoms with Crippen LogP contribution in [0.25, 0.3) is 0 Å². The number of rotatable bonds is 1. The Balaban J connectivity index is 0.00000133. The Labute approximate surface area is 131 Å². The van der Waals surface area contributed by atoms with Gasteiger partial charge in [0.15, 0.2) is 5.96 Å². The molecule has 1 aliphatic carbocycles. The molecule has 110 valence electrons. The molecular weight excluding hydrogens is 357 g/mol. The molecule has 2 heterocycles. The zero-order chi connectivity index (χ0) is 12.8. The van der Waals surface area contributed by atoms with Crippen LogP contribution in [0.5, 0.6) is 0 Å². The molecule has 1 saturated carbocycles. The summed E-state index contributed by atoms with van der Waals surface area (Å²) in [5.41, 5.74) is 6.27. The lowest BCUT2D eigenvalue weighted by Crippen LogP contribution is -2.60. The second kappa shape index (κ2) is 5.73. The van der Waals surface area contributed by atoms with Crippen molar-refractivity contribution in [1.29, 1.82) is 0 Å². The van der Waals surface area contributed by atoms with Gasteiger partial charge in [-0.2, -0.15) is 0 Å². The Kier molecular flexibility index (Phi) is 4.62. The molecule has 0 aromatic heterocycles. The van der Waals surface area contributed by atoms with Gasteiger partial charge in [-0.25, -0.2) is 4.99 Å². The van der Waals surface area contributed by atoms with Gasteiger partial charge in [-0.05, 0) is 6.42 Å². The van der Waals surface area contributed by atoms with Crippen LogP contribution in [0, 0.1) is 11.3 Å². The van der Waals surface area contributed by atoms with E-state index in [4.69, 9.17) is 20.2 Å². The monoisotopic (exact) mass is 381 g/mol. The van der Waals surface area contributed by atoms with E-state index >= 15 is 0 Å². The molecule has 0 bridgehead atoms. The van der Waals surface area contributed by atoms with Gasteiger partial charge in [0.1, 0.15) is 0 Å².